The first kappa shape index (κ1) is 16.2. The van der Waals surface area contributed by atoms with Crippen LogP contribution >= 0.6 is 0 Å². The highest BCUT2D eigenvalue weighted by atomic mass is 32.2. The van der Waals surface area contributed by atoms with Crippen molar-refractivity contribution < 1.29 is 26.4 Å². The van der Waals surface area contributed by atoms with Crippen LogP contribution in [0.15, 0.2) is 18.2 Å². The van der Waals surface area contributed by atoms with Crippen molar-refractivity contribution >= 4 is 27.3 Å². The lowest BCUT2D eigenvalue weighted by Crippen LogP contribution is -2.23. The largest absolute Gasteiger partial charge is 0.416 e. The van der Waals surface area contributed by atoms with Gasteiger partial charge in [0.05, 0.1) is 29.7 Å². The molecule has 112 valence electrons. The van der Waals surface area contributed by atoms with E-state index in [2.05, 4.69) is 5.32 Å². The third-order valence-corrected chi connectivity index (χ3v) is 2.69. The highest BCUT2D eigenvalue weighted by molar-refractivity contribution is 7.92. The van der Waals surface area contributed by atoms with Crippen molar-refractivity contribution in [1.29, 1.82) is 0 Å². The Morgan fingerprint density at radius 1 is 1.30 bits per heavy atom. The molecule has 0 aliphatic heterocycles. The van der Waals surface area contributed by atoms with Gasteiger partial charge in [0.1, 0.15) is 0 Å². The molecule has 0 atom stereocenters. The normalized spacial score (nSPS) is 12.1. The Morgan fingerprint density at radius 2 is 1.90 bits per heavy atom. The van der Waals surface area contributed by atoms with Gasteiger partial charge in [0.25, 0.3) is 0 Å². The van der Waals surface area contributed by atoms with Crippen molar-refractivity contribution in [3.05, 3.63) is 23.8 Å². The number of alkyl halides is 3. The van der Waals surface area contributed by atoms with E-state index in [0.29, 0.717) is 12.1 Å². The lowest BCUT2D eigenvalue weighted by molar-refractivity contribution is -0.137. The highest BCUT2D eigenvalue weighted by Gasteiger charge is 2.31. The van der Waals surface area contributed by atoms with Gasteiger partial charge in [0.2, 0.25) is 15.9 Å². The maximum atomic E-state index is 12.6. The number of nitrogens with two attached hydrogens (primary N) is 1. The van der Waals surface area contributed by atoms with E-state index in [0.717, 1.165) is 12.3 Å². The first-order valence-corrected chi connectivity index (χ1v) is 7.11. The van der Waals surface area contributed by atoms with Crippen LogP contribution in [0, 0.1) is 0 Å². The number of amides is 1. The molecule has 0 heterocycles. The van der Waals surface area contributed by atoms with Gasteiger partial charge >= 0.3 is 6.18 Å². The standard InChI is InChI=1S/C10H12F3N3O3S/c1-20(18,19)16-7-3-2-6(10(11,12)13)4-8(7)15-9(17)5-14/h2-4,16H,5,14H2,1H3,(H,15,17). The summed E-state index contributed by atoms with van der Waals surface area (Å²) in [4.78, 5) is 11.2. The van der Waals surface area contributed by atoms with Gasteiger partial charge in [-0.1, -0.05) is 0 Å². The predicted octanol–water partition coefficient (Wildman–Crippen LogP) is 0.974. The number of hydrogen-bond acceptors (Lipinski definition) is 4. The minimum absolute atomic E-state index is 0.178. The van der Waals surface area contributed by atoms with E-state index in [1.54, 1.807) is 0 Å². The Labute approximate surface area is 113 Å². The molecule has 0 bridgehead atoms. The maximum absolute atomic E-state index is 12.6. The molecule has 0 spiro atoms. The first-order chi connectivity index (χ1) is 9.03. The van der Waals surface area contributed by atoms with Crippen LogP contribution in [0.4, 0.5) is 24.5 Å². The Balaban J connectivity index is 3.26. The molecular formula is C10H12F3N3O3S. The SMILES string of the molecule is CS(=O)(=O)Nc1ccc(C(F)(F)F)cc1NC(=O)CN. The van der Waals surface area contributed by atoms with E-state index in [9.17, 15) is 26.4 Å². The van der Waals surface area contributed by atoms with E-state index < -0.39 is 34.2 Å². The van der Waals surface area contributed by atoms with Gasteiger partial charge in [-0.05, 0) is 18.2 Å². The Hall–Kier alpha value is -1.81. The molecule has 0 unspecified atom stereocenters. The number of carbonyl (C=O) groups excluding carboxylic acids is 1. The van der Waals surface area contributed by atoms with Crippen LogP contribution in [0.25, 0.3) is 0 Å². The van der Waals surface area contributed by atoms with Crippen molar-refractivity contribution in [1.82, 2.24) is 0 Å². The minimum atomic E-state index is -4.62. The fraction of sp³-hybridized carbons (Fsp3) is 0.300. The summed E-state index contributed by atoms with van der Waals surface area (Å²) >= 11 is 0. The number of nitrogens with one attached hydrogen (secondary N) is 2. The molecule has 0 fully saturated rings. The monoisotopic (exact) mass is 311 g/mol. The van der Waals surface area contributed by atoms with Gasteiger partial charge in [-0.2, -0.15) is 13.2 Å². The summed E-state index contributed by atoms with van der Waals surface area (Å²) in [5.74, 6) is -0.749. The first-order valence-electron chi connectivity index (χ1n) is 5.22. The van der Waals surface area contributed by atoms with Crippen LogP contribution < -0.4 is 15.8 Å². The van der Waals surface area contributed by atoms with Crippen LogP contribution in [0.1, 0.15) is 5.56 Å². The van der Waals surface area contributed by atoms with Gasteiger partial charge in [0.15, 0.2) is 0 Å². The number of benzene rings is 1. The van der Waals surface area contributed by atoms with Gasteiger partial charge < -0.3 is 11.1 Å². The summed E-state index contributed by atoms with van der Waals surface area (Å²) in [6.07, 6.45) is -3.79. The van der Waals surface area contributed by atoms with E-state index in [1.165, 1.54) is 0 Å². The Kier molecular flexibility index (Phi) is 4.61. The van der Waals surface area contributed by atoms with Crippen LogP contribution in [0.2, 0.25) is 0 Å². The molecule has 0 aromatic heterocycles. The summed E-state index contributed by atoms with van der Waals surface area (Å²) in [5.41, 5.74) is 3.53. The Bertz CT molecular complexity index is 614. The second-order valence-electron chi connectivity index (χ2n) is 3.88. The average molecular weight is 311 g/mol. The smallest absolute Gasteiger partial charge is 0.323 e. The summed E-state index contributed by atoms with van der Waals surface area (Å²) < 4.78 is 62.0. The van der Waals surface area contributed by atoms with Crippen LogP contribution in [0.5, 0.6) is 0 Å². The zero-order valence-corrected chi connectivity index (χ0v) is 11.1. The summed E-state index contributed by atoms with van der Waals surface area (Å²) in [6.45, 7) is -0.450. The molecule has 0 aliphatic carbocycles. The summed E-state index contributed by atoms with van der Waals surface area (Å²) in [7, 11) is -3.70. The van der Waals surface area contributed by atoms with Gasteiger partial charge in [0, 0.05) is 0 Å². The van der Waals surface area contributed by atoms with Crippen molar-refractivity contribution in [3.8, 4) is 0 Å². The molecule has 1 aromatic rings. The maximum Gasteiger partial charge on any atom is 0.416 e. The number of anilines is 2. The fourth-order valence-electron chi connectivity index (χ4n) is 1.31. The molecule has 1 aromatic carbocycles. The zero-order valence-electron chi connectivity index (χ0n) is 10.3. The molecule has 10 heteroatoms. The number of carbonyl (C=O) groups is 1. The molecule has 1 amide bonds. The number of hydrogen-bond donors (Lipinski definition) is 3. The topological polar surface area (TPSA) is 101 Å². The minimum Gasteiger partial charge on any atom is -0.323 e. The molecule has 0 saturated carbocycles. The number of halogens is 3. The van der Waals surface area contributed by atoms with E-state index in [1.807, 2.05) is 4.72 Å². The van der Waals surface area contributed by atoms with Crippen LogP contribution in [-0.2, 0) is 21.0 Å². The van der Waals surface area contributed by atoms with Crippen molar-refractivity contribution in [2.45, 2.75) is 6.18 Å². The van der Waals surface area contributed by atoms with E-state index >= 15 is 0 Å². The predicted molar refractivity (Wildman–Crippen MR) is 67.6 cm³/mol. The van der Waals surface area contributed by atoms with E-state index in [4.69, 9.17) is 5.73 Å². The quantitative estimate of drug-likeness (QED) is 0.771. The zero-order chi connectivity index (χ0) is 15.6. The molecule has 6 nitrogen and oxygen atoms in total. The average Bonchev–Trinajstić information content (AvgIpc) is 2.28. The van der Waals surface area contributed by atoms with Crippen molar-refractivity contribution in [2.75, 3.05) is 22.8 Å². The summed E-state index contributed by atoms with van der Waals surface area (Å²) in [5, 5.41) is 2.10. The fourth-order valence-corrected chi connectivity index (χ4v) is 1.89. The molecule has 0 aliphatic rings. The highest BCUT2D eigenvalue weighted by Crippen LogP contribution is 2.34. The molecule has 4 N–H and O–H groups in total. The van der Waals surface area contributed by atoms with Gasteiger partial charge in [-0.15, -0.1) is 0 Å². The molecular weight excluding hydrogens is 299 g/mol. The van der Waals surface area contributed by atoms with E-state index in [-0.39, 0.29) is 11.4 Å². The third-order valence-electron chi connectivity index (χ3n) is 2.10. The number of sulfonamides is 1. The molecule has 1 rings (SSSR count). The molecule has 0 radical (unpaired) electrons. The lowest BCUT2D eigenvalue weighted by Gasteiger charge is -2.14. The molecule has 0 saturated heterocycles. The van der Waals surface area contributed by atoms with Crippen molar-refractivity contribution in [2.24, 2.45) is 5.73 Å². The van der Waals surface area contributed by atoms with Crippen LogP contribution in [-0.4, -0.2) is 27.1 Å². The lowest BCUT2D eigenvalue weighted by atomic mass is 10.1. The number of rotatable bonds is 4. The van der Waals surface area contributed by atoms with Gasteiger partial charge in [-0.3, -0.25) is 9.52 Å². The third kappa shape index (κ3) is 4.70. The molecule has 20 heavy (non-hydrogen) atoms. The van der Waals surface area contributed by atoms with Gasteiger partial charge in [-0.25, -0.2) is 8.42 Å². The second-order valence-corrected chi connectivity index (χ2v) is 5.63. The van der Waals surface area contributed by atoms with Crippen molar-refractivity contribution in [3.63, 3.8) is 0 Å². The Morgan fingerprint density at radius 3 is 2.35 bits per heavy atom. The summed E-state index contributed by atoms with van der Waals surface area (Å²) in [6, 6.07) is 2.24. The van der Waals surface area contributed by atoms with Crippen LogP contribution in [0.3, 0.4) is 0 Å². The second kappa shape index (κ2) is 5.67.